The van der Waals surface area contributed by atoms with Crippen LogP contribution in [-0.4, -0.2) is 19.9 Å². The van der Waals surface area contributed by atoms with Crippen LogP contribution >= 0.6 is 31.9 Å². The highest BCUT2D eigenvalue weighted by Crippen LogP contribution is 2.32. The molecule has 0 aromatic heterocycles. The van der Waals surface area contributed by atoms with Gasteiger partial charge in [0.1, 0.15) is 18.1 Å². The second kappa shape index (κ2) is 8.15. The molecule has 22 heavy (non-hydrogen) atoms. The minimum Gasteiger partial charge on any atom is -0.497 e. The van der Waals surface area contributed by atoms with E-state index in [1.54, 1.807) is 19.4 Å². The van der Waals surface area contributed by atoms with Crippen molar-refractivity contribution in [3.05, 3.63) is 63.6 Å². The van der Waals surface area contributed by atoms with Crippen molar-refractivity contribution >= 4 is 43.8 Å². The fourth-order valence-electron chi connectivity index (χ4n) is 1.78. The van der Waals surface area contributed by atoms with E-state index in [1.807, 2.05) is 36.4 Å². The SMILES string of the molecule is C=CCOc1c(Br)cc(Br)cc1C=Nc1ccc(OC)cc1. The number of aliphatic imine (C=N–C) groups is 1. The van der Waals surface area contributed by atoms with Crippen molar-refractivity contribution in [2.45, 2.75) is 0 Å². The lowest BCUT2D eigenvalue weighted by atomic mass is 10.2. The number of nitrogens with zero attached hydrogens (tertiary/aromatic N) is 1. The zero-order chi connectivity index (χ0) is 15.9. The van der Waals surface area contributed by atoms with Gasteiger partial charge in [0.2, 0.25) is 0 Å². The van der Waals surface area contributed by atoms with Crippen molar-refractivity contribution in [3.63, 3.8) is 0 Å². The molecule has 0 amide bonds. The van der Waals surface area contributed by atoms with E-state index in [0.29, 0.717) is 6.61 Å². The molecule has 0 unspecified atom stereocenters. The highest BCUT2D eigenvalue weighted by Gasteiger charge is 2.08. The summed E-state index contributed by atoms with van der Waals surface area (Å²) in [5.74, 6) is 1.54. The maximum absolute atomic E-state index is 5.70. The Morgan fingerprint density at radius 1 is 1.18 bits per heavy atom. The van der Waals surface area contributed by atoms with Crippen LogP contribution in [0.4, 0.5) is 5.69 Å². The maximum Gasteiger partial charge on any atom is 0.142 e. The summed E-state index contributed by atoms with van der Waals surface area (Å²) in [6.45, 7) is 4.10. The standard InChI is InChI=1S/C17H15Br2NO2/c1-3-8-22-17-12(9-13(18)10-16(17)19)11-20-14-4-6-15(21-2)7-5-14/h3-7,9-11H,1,8H2,2H3. The quantitative estimate of drug-likeness (QED) is 0.450. The number of rotatable bonds is 6. The molecule has 2 aromatic rings. The summed E-state index contributed by atoms with van der Waals surface area (Å²) < 4.78 is 12.6. The molecule has 0 aliphatic heterocycles. The van der Waals surface area contributed by atoms with Crippen LogP contribution in [0.25, 0.3) is 0 Å². The third-order valence-electron chi connectivity index (χ3n) is 2.81. The minimum absolute atomic E-state index is 0.434. The molecule has 0 fully saturated rings. The van der Waals surface area contributed by atoms with Gasteiger partial charge in [0, 0.05) is 16.3 Å². The third kappa shape index (κ3) is 4.45. The minimum atomic E-state index is 0.434. The lowest BCUT2D eigenvalue weighted by Crippen LogP contribution is -1.98. The van der Waals surface area contributed by atoms with Crippen LogP contribution in [0.1, 0.15) is 5.56 Å². The normalized spacial score (nSPS) is 10.7. The van der Waals surface area contributed by atoms with Gasteiger partial charge < -0.3 is 9.47 Å². The molecule has 0 radical (unpaired) electrons. The Kier molecular flexibility index (Phi) is 6.21. The van der Waals surface area contributed by atoms with Gasteiger partial charge in [-0.05, 0) is 52.3 Å². The van der Waals surface area contributed by atoms with Crippen LogP contribution < -0.4 is 9.47 Å². The largest absolute Gasteiger partial charge is 0.497 e. The predicted molar refractivity (Wildman–Crippen MR) is 97.8 cm³/mol. The smallest absolute Gasteiger partial charge is 0.142 e. The average Bonchev–Trinajstić information content (AvgIpc) is 2.52. The summed E-state index contributed by atoms with van der Waals surface area (Å²) in [5, 5.41) is 0. The van der Waals surface area contributed by atoms with E-state index in [4.69, 9.17) is 9.47 Å². The Labute approximate surface area is 146 Å². The highest BCUT2D eigenvalue weighted by molar-refractivity contribution is 9.11. The molecule has 0 heterocycles. The van der Waals surface area contributed by atoms with Crippen molar-refractivity contribution in [1.82, 2.24) is 0 Å². The van der Waals surface area contributed by atoms with Gasteiger partial charge in [-0.15, -0.1) is 0 Å². The monoisotopic (exact) mass is 423 g/mol. The first-order valence-corrected chi connectivity index (χ1v) is 8.13. The van der Waals surface area contributed by atoms with E-state index < -0.39 is 0 Å². The molecule has 0 aliphatic rings. The molecular weight excluding hydrogens is 410 g/mol. The first-order chi connectivity index (χ1) is 10.6. The molecule has 0 spiro atoms. The average molecular weight is 425 g/mol. The van der Waals surface area contributed by atoms with Gasteiger partial charge in [-0.2, -0.15) is 0 Å². The molecule has 114 valence electrons. The molecule has 0 aliphatic carbocycles. The van der Waals surface area contributed by atoms with Crippen molar-refractivity contribution in [2.24, 2.45) is 4.99 Å². The van der Waals surface area contributed by atoms with Crippen molar-refractivity contribution in [1.29, 1.82) is 0 Å². The number of hydrogen-bond acceptors (Lipinski definition) is 3. The van der Waals surface area contributed by atoms with Gasteiger partial charge in [-0.1, -0.05) is 28.6 Å². The van der Waals surface area contributed by atoms with Crippen molar-refractivity contribution < 1.29 is 9.47 Å². The van der Waals surface area contributed by atoms with Crippen molar-refractivity contribution in [3.8, 4) is 11.5 Å². The van der Waals surface area contributed by atoms with Crippen LogP contribution in [0.2, 0.25) is 0 Å². The molecule has 0 atom stereocenters. The number of halogens is 2. The molecule has 5 heteroatoms. The van der Waals surface area contributed by atoms with Crippen LogP contribution in [0.15, 0.2) is 63.0 Å². The molecule has 0 bridgehead atoms. The number of ether oxygens (including phenoxy) is 2. The third-order valence-corrected chi connectivity index (χ3v) is 3.85. The first-order valence-electron chi connectivity index (χ1n) is 6.55. The Hall–Kier alpha value is -1.59. The van der Waals surface area contributed by atoms with E-state index in [2.05, 4.69) is 43.4 Å². The number of benzene rings is 2. The summed E-state index contributed by atoms with van der Waals surface area (Å²) in [6.07, 6.45) is 3.48. The lowest BCUT2D eigenvalue weighted by molar-refractivity contribution is 0.360. The molecule has 3 nitrogen and oxygen atoms in total. The Balaban J connectivity index is 2.29. The van der Waals surface area contributed by atoms with Gasteiger partial charge in [-0.25, -0.2) is 0 Å². The summed E-state index contributed by atoms with van der Waals surface area (Å²) in [6, 6.07) is 11.4. The van der Waals surface area contributed by atoms with E-state index in [1.165, 1.54) is 0 Å². The van der Waals surface area contributed by atoms with E-state index >= 15 is 0 Å². The first kappa shape index (κ1) is 16.8. The molecule has 0 saturated carbocycles. The summed E-state index contributed by atoms with van der Waals surface area (Å²) in [4.78, 5) is 4.47. The summed E-state index contributed by atoms with van der Waals surface area (Å²) in [7, 11) is 1.64. The maximum atomic E-state index is 5.70. The number of methoxy groups -OCH3 is 1. The zero-order valence-electron chi connectivity index (χ0n) is 12.1. The molecule has 2 rings (SSSR count). The van der Waals surface area contributed by atoms with Gasteiger partial charge in [0.05, 0.1) is 17.3 Å². The van der Waals surface area contributed by atoms with Crippen LogP contribution in [-0.2, 0) is 0 Å². The second-order valence-electron chi connectivity index (χ2n) is 4.36. The topological polar surface area (TPSA) is 30.8 Å². The summed E-state index contributed by atoms with van der Waals surface area (Å²) >= 11 is 6.98. The zero-order valence-corrected chi connectivity index (χ0v) is 15.2. The van der Waals surface area contributed by atoms with Crippen LogP contribution in [0, 0.1) is 0 Å². The Morgan fingerprint density at radius 3 is 2.55 bits per heavy atom. The van der Waals surface area contributed by atoms with E-state index in [-0.39, 0.29) is 0 Å². The fourth-order valence-corrected chi connectivity index (χ4v) is 3.16. The Bertz CT molecular complexity index is 682. The van der Waals surface area contributed by atoms with Gasteiger partial charge >= 0.3 is 0 Å². The molecule has 0 saturated heterocycles. The molecular formula is C17H15Br2NO2. The second-order valence-corrected chi connectivity index (χ2v) is 6.13. The van der Waals surface area contributed by atoms with Crippen LogP contribution in [0.5, 0.6) is 11.5 Å². The lowest BCUT2D eigenvalue weighted by Gasteiger charge is -2.10. The van der Waals surface area contributed by atoms with Gasteiger partial charge in [0.15, 0.2) is 0 Å². The van der Waals surface area contributed by atoms with Gasteiger partial charge in [0.25, 0.3) is 0 Å². The predicted octanol–water partition coefficient (Wildman–Crippen LogP) is 5.54. The van der Waals surface area contributed by atoms with E-state index in [9.17, 15) is 0 Å². The summed E-state index contributed by atoms with van der Waals surface area (Å²) in [5.41, 5.74) is 1.71. The fraction of sp³-hybridized carbons (Fsp3) is 0.118. The van der Waals surface area contributed by atoms with Crippen LogP contribution in [0.3, 0.4) is 0 Å². The van der Waals surface area contributed by atoms with Crippen molar-refractivity contribution in [2.75, 3.05) is 13.7 Å². The van der Waals surface area contributed by atoms with Gasteiger partial charge in [-0.3, -0.25) is 4.99 Å². The Morgan fingerprint density at radius 2 is 1.91 bits per heavy atom. The molecule has 2 aromatic carbocycles. The number of hydrogen-bond donors (Lipinski definition) is 0. The highest BCUT2D eigenvalue weighted by atomic mass is 79.9. The molecule has 0 N–H and O–H groups in total. The van der Waals surface area contributed by atoms with E-state index in [0.717, 1.165) is 31.7 Å².